The molecule has 0 aromatic carbocycles. The first-order chi connectivity index (χ1) is 16.6. The summed E-state index contributed by atoms with van der Waals surface area (Å²) in [5.41, 5.74) is 5.88. The van der Waals surface area contributed by atoms with E-state index in [-0.39, 0.29) is 18.2 Å². The standard InChI is InChI=1S/C24H29F5N4O2/c25-19-4-3-15(10-18(21(19)26)24(27,28)29)14-2-1-7-32(8-5-14)23(34)22(31)17-6-9-33(11-20(17)30)16-12-35-13-16/h3-4,14,16,31H,1-2,5-13,30H2. The molecule has 2 saturated heterocycles. The second-order valence-electron chi connectivity index (χ2n) is 9.43. The zero-order chi connectivity index (χ0) is 25.3. The summed E-state index contributed by atoms with van der Waals surface area (Å²) >= 11 is 0. The Kier molecular flexibility index (Phi) is 7.46. The predicted octanol–water partition coefficient (Wildman–Crippen LogP) is 3.92. The van der Waals surface area contributed by atoms with Crippen molar-refractivity contribution in [3.8, 4) is 0 Å². The van der Waals surface area contributed by atoms with Gasteiger partial charge in [0.1, 0.15) is 5.71 Å². The van der Waals surface area contributed by atoms with Crippen molar-refractivity contribution in [1.29, 1.82) is 5.41 Å². The molecule has 0 aromatic heterocycles. The third kappa shape index (κ3) is 5.50. The Bertz CT molecular complexity index is 1010. The highest BCUT2D eigenvalue weighted by molar-refractivity contribution is 6.44. The van der Waals surface area contributed by atoms with Crippen molar-refractivity contribution in [2.75, 3.05) is 39.4 Å². The van der Waals surface area contributed by atoms with Crippen LogP contribution in [0, 0.1) is 11.3 Å². The molecule has 2 fully saturated rings. The largest absolute Gasteiger partial charge is 0.415 e. The summed E-state index contributed by atoms with van der Waals surface area (Å²) in [4.78, 5) is 16.8. The van der Waals surface area contributed by atoms with Crippen LogP contribution >= 0.6 is 0 Å². The third-order valence-electron chi connectivity index (χ3n) is 7.24. The topological polar surface area (TPSA) is 82.7 Å². The Morgan fingerprint density at radius 3 is 2.49 bits per heavy atom. The van der Waals surface area contributed by atoms with Crippen LogP contribution in [0.25, 0.3) is 0 Å². The maximum absolute atomic E-state index is 14.0. The number of amides is 1. The van der Waals surface area contributed by atoms with Crippen molar-refractivity contribution in [3.05, 3.63) is 46.2 Å². The maximum atomic E-state index is 14.0. The fourth-order valence-electron chi connectivity index (χ4n) is 5.04. The lowest BCUT2D eigenvalue weighted by Crippen LogP contribution is -2.52. The molecule has 3 aliphatic heterocycles. The van der Waals surface area contributed by atoms with E-state index in [0.29, 0.717) is 81.4 Å². The molecule has 11 heteroatoms. The molecule has 1 amide bonds. The van der Waals surface area contributed by atoms with Crippen LogP contribution in [0.4, 0.5) is 22.0 Å². The molecule has 0 spiro atoms. The first kappa shape index (κ1) is 25.6. The molecule has 35 heavy (non-hydrogen) atoms. The zero-order valence-electron chi connectivity index (χ0n) is 19.3. The van der Waals surface area contributed by atoms with Gasteiger partial charge in [-0.25, -0.2) is 8.78 Å². The number of carbonyl (C=O) groups is 1. The number of nitrogens with zero attached hydrogens (tertiary/aromatic N) is 2. The lowest BCUT2D eigenvalue weighted by Gasteiger charge is -2.40. The summed E-state index contributed by atoms with van der Waals surface area (Å²) in [6.07, 6.45) is -1.91. The fourth-order valence-corrected chi connectivity index (χ4v) is 5.04. The Labute approximate surface area is 200 Å². The maximum Gasteiger partial charge on any atom is 0.415 e. The Balaban J connectivity index is 1.41. The van der Waals surface area contributed by atoms with Crippen molar-refractivity contribution < 1.29 is 31.5 Å². The molecular formula is C24H29F5N4O2. The Hall–Kier alpha value is -2.53. The Morgan fingerprint density at radius 2 is 1.86 bits per heavy atom. The minimum atomic E-state index is -4.98. The summed E-state index contributed by atoms with van der Waals surface area (Å²) in [5, 5.41) is 8.47. The van der Waals surface area contributed by atoms with Gasteiger partial charge in [-0.3, -0.25) is 15.1 Å². The van der Waals surface area contributed by atoms with E-state index in [2.05, 4.69) is 4.90 Å². The van der Waals surface area contributed by atoms with Gasteiger partial charge >= 0.3 is 6.18 Å². The van der Waals surface area contributed by atoms with Crippen LogP contribution in [0.1, 0.15) is 32.1 Å². The second kappa shape index (κ2) is 10.2. The number of likely N-dealkylation sites (tertiary alicyclic amines) is 1. The number of allylic oxidation sites excluding steroid dienone is 6. The SMILES string of the molecule is N=C(C(=O)N1CCCC(C2=CC=C(F)C(F)=C(C(F)(F)F)C2)CC1)C1=C(N)CN(C2COC2)CC1. The normalized spacial score (nSPS) is 25.5. The average Bonchev–Trinajstić information content (AvgIpc) is 3.09. The van der Waals surface area contributed by atoms with Gasteiger partial charge in [-0.2, -0.15) is 13.2 Å². The van der Waals surface area contributed by atoms with Gasteiger partial charge in [0.25, 0.3) is 5.91 Å². The molecular weight excluding hydrogens is 471 g/mol. The van der Waals surface area contributed by atoms with Crippen LogP contribution < -0.4 is 5.73 Å². The van der Waals surface area contributed by atoms with Crippen LogP contribution in [-0.2, 0) is 9.53 Å². The van der Waals surface area contributed by atoms with Gasteiger partial charge in [-0.1, -0.05) is 11.6 Å². The smallest absolute Gasteiger partial charge is 0.401 e. The summed E-state index contributed by atoms with van der Waals surface area (Å²) in [6.45, 7) is 3.06. The molecule has 0 saturated carbocycles. The summed E-state index contributed by atoms with van der Waals surface area (Å²) in [5.74, 6) is -4.21. The minimum Gasteiger partial charge on any atom is -0.401 e. The van der Waals surface area contributed by atoms with E-state index in [1.807, 2.05) is 0 Å². The quantitative estimate of drug-likeness (QED) is 0.453. The number of hydrogen-bond acceptors (Lipinski definition) is 5. The van der Waals surface area contributed by atoms with Gasteiger partial charge < -0.3 is 15.4 Å². The molecule has 192 valence electrons. The van der Waals surface area contributed by atoms with Crippen molar-refractivity contribution in [2.45, 2.75) is 44.3 Å². The van der Waals surface area contributed by atoms with E-state index in [0.717, 1.165) is 6.08 Å². The molecule has 4 rings (SSSR count). The van der Waals surface area contributed by atoms with E-state index in [1.165, 1.54) is 11.0 Å². The second-order valence-corrected chi connectivity index (χ2v) is 9.43. The van der Waals surface area contributed by atoms with E-state index < -0.39 is 35.7 Å². The average molecular weight is 501 g/mol. The zero-order valence-corrected chi connectivity index (χ0v) is 19.3. The van der Waals surface area contributed by atoms with Crippen molar-refractivity contribution in [3.63, 3.8) is 0 Å². The summed E-state index contributed by atoms with van der Waals surface area (Å²) in [6, 6.07) is 0.310. The van der Waals surface area contributed by atoms with Crippen LogP contribution in [0.5, 0.6) is 0 Å². The first-order valence-corrected chi connectivity index (χ1v) is 11.8. The molecule has 0 bridgehead atoms. The van der Waals surface area contributed by atoms with Crippen LogP contribution in [0.2, 0.25) is 0 Å². The monoisotopic (exact) mass is 500 g/mol. The molecule has 1 aliphatic carbocycles. The highest BCUT2D eigenvalue weighted by Crippen LogP contribution is 2.41. The fraction of sp³-hybridized carbons (Fsp3) is 0.583. The van der Waals surface area contributed by atoms with Crippen LogP contribution in [0.15, 0.2) is 46.2 Å². The van der Waals surface area contributed by atoms with E-state index in [1.54, 1.807) is 0 Å². The first-order valence-electron chi connectivity index (χ1n) is 11.8. The van der Waals surface area contributed by atoms with Crippen LogP contribution in [0.3, 0.4) is 0 Å². The van der Waals surface area contributed by atoms with Crippen LogP contribution in [-0.4, -0.2) is 73.0 Å². The number of hydrogen-bond donors (Lipinski definition) is 2. The van der Waals surface area contributed by atoms with Gasteiger partial charge in [0.05, 0.1) is 24.8 Å². The number of halogens is 5. The molecule has 1 unspecified atom stereocenters. The number of alkyl halides is 3. The van der Waals surface area contributed by atoms with Crippen molar-refractivity contribution >= 4 is 11.6 Å². The highest BCUT2D eigenvalue weighted by Gasteiger charge is 2.40. The highest BCUT2D eigenvalue weighted by atomic mass is 19.4. The number of nitrogens with one attached hydrogen (secondary N) is 1. The predicted molar refractivity (Wildman–Crippen MR) is 120 cm³/mol. The minimum absolute atomic E-state index is 0.145. The molecule has 3 heterocycles. The molecule has 6 nitrogen and oxygen atoms in total. The molecule has 0 radical (unpaired) electrons. The van der Waals surface area contributed by atoms with E-state index >= 15 is 0 Å². The third-order valence-corrected chi connectivity index (χ3v) is 7.24. The van der Waals surface area contributed by atoms with Gasteiger partial charge in [0.15, 0.2) is 11.7 Å². The summed E-state index contributed by atoms with van der Waals surface area (Å²) in [7, 11) is 0. The summed E-state index contributed by atoms with van der Waals surface area (Å²) < 4.78 is 72.9. The molecule has 3 N–H and O–H groups in total. The number of nitrogens with two attached hydrogens (primary N) is 1. The Morgan fingerprint density at radius 1 is 1.11 bits per heavy atom. The molecule has 1 atom stereocenters. The van der Waals surface area contributed by atoms with E-state index in [4.69, 9.17) is 15.9 Å². The van der Waals surface area contributed by atoms with Gasteiger partial charge in [-0.15, -0.1) is 0 Å². The van der Waals surface area contributed by atoms with Crippen molar-refractivity contribution in [1.82, 2.24) is 9.80 Å². The number of rotatable bonds is 4. The van der Waals surface area contributed by atoms with E-state index in [9.17, 15) is 26.7 Å². The number of carbonyl (C=O) groups excluding carboxylic acids is 1. The lowest BCUT2D eigenvalue weighted by atomic mass is 9.87. The van der Waals surface area contributed by atoms with Gasteiger partial charge in [-0.05, 0) is 37.7 Å². The lowest BCUT2D eigenvalue weighted by molar-refractivity contribution is -0.124. The number of ether oxygens (including phenoxy) is 1. The molecule has 0 aromatic rings. The van der Waals surface area contributed by atoms with Gasteiger partial charge in [0, 0.05) is 43.9 Å². The van der Waals surface area contributed by atoms with Crippen molar-refractivity contribution in [2.24, 2.45) is 11.7 Å². The molecule has 4 aliphatic rings. The van der Waals surface area contributed by atoms with Gasteiger partial charge in [0.2, 0.25) is 0 Å².